The molecule has 0 unspecified atom stereocenters. The molecule has 0 radical (unpaired) electrons. The number of rotatable bonds is 1. The minimum atomic E-state index is -0.487. The molecule has 0 spiro atoms. The van der Waals surface area contributed by atoms with E-state index in [9.17, 15) is 5.11 Å². The van der Waals surface area contributed by atoms with E-state index in [1.165, 1.54) is 11.1 Å². The normalized spacial score (nSPS) is 25.0. The van der Waals surface area contributed by atoms with Crippen LogP contribution in [-0.2, 0) is 13.5 Å². The maximum Gasteiger partial charge on any atom is 0.0956 e. The predicted octanol–water partition coefficient (Wildman–Crippen LogP) is 2.48. The Morgan fingerprint density at radius 2 is 2.09 bits per heavy atom. The van der Waals surface area contributed by atoms with Gasteiger partial charge in [-0.05, 0) is 18.4 Å². The molecular formula is C18H18N4O. The summed E-state index contributed by atoms with van der Waals surface area (Å²) in [4.78, 5) is 4.33. The van der Waals surface area contributed by atoms with Gasteiger partial charge in [-0.2, -0.15) is 5.10 Å². The number of benzene rings is 1. The van der Waals surface area contributed by atoms with E-state index in [4.69, 9.17) is 0 Å². The van der Waals surface area contributed by atoms with Crippen molar-refractivity contribution in [3.63, 3.8) is 0 Å². The van der Waals surface area contributed by atoms with Gasteiger partial charge in [-0.1, -0.05) is 24.3 Å². The van der Waals surface area contributed by atoms with Crippen LogP contribution in [0.3, 0.4) is 0 Å². The average Bonchev–Trinajstić information content (AvgIpc) is 3.22. The summed E-state index contributed by atoms with van der Waals surface area (Å²) in [7, 11) is 1.92. The van der Waals surface area contributed by atoms with Crippen LogP contribution in [0.25, 0.3) is 11.3 Å². The van der Waals surface area contributed by atoms with Gasteiger partial charge in [0.25, 0.3) is 0 Å². The van der Waals surface area contributed by atoms with E-state index in [0.717, 1.165) is 29.8 Å². The molecule has 3 aromatic rings. The molecule has 116 valence electrons. The largest absolute Gasteiger partial charge is 0.388 e. The monoisotopic (exact) mass is 306 g/mol. The van der Waals surface area contributed by atoms with E-state index in [2.05, 4.69) is 38.9 Å². The van der Waals surface area contributed by atoms with Gasteiger partial charge in [0.1, 0.15) is 0 Å². The number of aromatic nitrogens is 4. The molecule has 5 rings (SSSR count). The minimum absolute atomic E-state index is 0.142. The highest BCUT2D eigenvalue weighted by Crippen LogP contribution is 2.49. The Hall–Kier alpha value is -2.40. The van der Waals surface area contributed by atoms with Crippen LogP contribution in [-0.4, -0.2) is 24.4 Å². The summed E-state index contributed by atoms with van der Waals surface area (Å²) < 4.78 is 4.03. The van der Waals surface area contributed by atoms with E-state index in [0.29, 0.717) is 0 Å². The second-order valence-electron chi connectivity index (χ2n) is 6.57. The van der Waals surface area contributed by atoms with Gasteiger partial charge >= 0.3 is 0 Å². The van der Waals surface area contributed by atoms with Crippen molar-refractivity contribution >= 4 is 0 Å². The summed E-state index contributed by atoms with van der Waals surface area (Å²) >= 11 is 0. The summed E-state index contributed by atoms with van der Waals surface area (Å²) in [5.41, 5.74) is 5.69. The smallest absolute Gasteiger partial charge is 0.0956 e. The quantitative estimate of drug-likeness (QED) is 0.751. The topological polar surface area (TPSA) is 55.9 Å². The maximum absolute atomic E-state index is 11.0. The third-order valence-corrected chi connectivity index (χ3v) is 5.30. The molecule has 1 N–H and O–H groups in total. The van der Waals surface area contributed by atoms with Crippen molar-refractivity contribution in [2.24, 2.45) is 13.0 Å². The zero-order valence-electron chi connectivity index (χ0n) is 12.9. The van der Waals surface area contributed by atoms with Crippen LogP contribution in [0.4, 0.5) is 0 Å². The van der Waals surface area contributed by atoms with E-state index in [1.54, 1.807) is 0 Å². The number of imidazole rings is 1. The molecule has 1 aliphatic carbocycles. The number of aliphatic hydroxyl groups is 1. The molecule has 23 heavy (non-hydrogen) atoms. The predicted molar refractivity (Wildman–Crippen MR) is 85.8 cm³/mol. The summed E-state index contributed by atoms with van der Waals surface area (Å²) in [5.74, 6) is 0.142. The molecule has 3 heterocycles. The minimum Gasteiger partial charge on any atom is -0.388 e. The Balaban J connectivity index is 1.63. The van der Waals surface area contributed by atoms with Gasteiger partial charge in [0, 0.05) is 30.3 Å². The van der Waals surface area contributed by atoms with Crippen molar-refractivity contribution in [2.45, 2.75) is 25.0 Å². The fourth-order valence-corrected chi connectivity index (χ4v) is 4.33. The van der Waals surface area contributed by atoms with Crippen LogP contribution in [0.1, 0.15) is 35.4 Å². The third kappa shape index (κ3) is 1.71. The molecule has 1 aromatic carbocycles. The molecule has 0 saturated heterocycles. The van der Waals surface area contributed by atoms with Crippen molar-refractivity contribution in [1.82, 2.24) is 19.3 Å². The van der Waals surface area contributed by atoms with Crippen molar-refractivity contribution in [1.29, 1.82) is 0 Å². The van der Waals surface area contributed by atoms with Crippen LogP contribution >= 0.6 is 0 Å². The highest BCUT2D eigenvalue weighted by atomic mass is 16.3. The van der Waals surface area contributed by atoms with E-state index < -0.39 is 6.10 Å². The zero-order chi connectivity index (χ0) is 15.6. The van der Waals surface area contributed by atoms with Crippen LogP contribution in [0.15, 0.2) is 43.0 Å². The number of hydrogen-bond acceptors (Lipinski definition) is 3. The molecule has 0 saturated carbocycles. The Morgan fingerprint density at radius 3 is 3.00 bits per heavy atom. The molecular weight excluding hydrogens is 288 g/mol. The molecule has 0 amide bonds. The Labute approximate surface area is 134 Å². The fraction of sp³-hybridized carbons (Fsp3) is 0.333. The Kier molecular flexibility index (Phi) is 2.59. The van der Waals surface area contributed by atoms with Gasteiger partial charge in [0.2, 0.25) is 0 Å². The molecule has 1 aliphatic heterocycles. The molecule has 5 nitrogen and oxygen atoms in total. The standard InChI is InChI=1S/C18H18N4O/c1-21-9-14-15(20-21)7-6-13(18(14)23)17-12-5-3-2-4-11(12)16-8-19-10-22(16)17/h2-5,8-10,13,17-18,23H,6-7H2,1H3/t13-,17-,18+/m1/s1. The van der Waals surface area contributed by atoms with E-state index in [1.807, 2.05) is 30.5 Å². The molecule has 2 aliphatic rings. The van der Waals surface area contributed by atoms with Gasteiger partial charge in [-0.15, -0.1) is 0 Å². The summed E-state index contributed by atoms with van der Waals surface area (Å²) in [5, 5.41) is 15.5. The number of nitrogens with zero attached hydrogens (tertiary/aromatic N) is 4. The summed E-state index contributed by atoms with van der Waals surface area (Å²) in [6.07, 6.45) is 7.14. The first-order valence-electron chi connectivity index (χ1n) is 8.05. The van der Waals surface area contributed by atoms with Gasteiger partial charge < -0.3 is 9.67 Å². The van der Waals surface area contributed by atoms with Crippen LogP contribution < -0.4 is 0 Å². The fourth-order valence-electron chi connectivity index (χ4n) is 4.33. The van der Waals surface area contributed by atoms with Crippen molar-refractivity contribution in [2.75, 3.05) is 0 Å². The van der Waals surface area contributed by atoms with Gasteiger partial charge in [0.15, 0.2) is 0 Å². The second-order valence-corrected chi connectivity index (χ2v) is 6.57. The number of aryl methyl sites for hydroxylation is 2. The molecule has 0 bridgehead atoms. The first-order valence-corrected chi connectivity index (χ1v) is 8.05. The third-order valence-electron chi connectivity index (χ3n) is 5.30. The van der Waals surface area contributed by atoms with E-state index in [-0.39, 0.29) is 12.0 Å². The summed E-state index contributed by atoms with van der Waals surface area (Å²) in [6.45, 7) is 0. The van der Waals surface area contributed by atoms with Crippen LogP contribution in [0.5, 0.6) is 0 Å². The first-order chi connectivity index (χ1) is 11.2. The van der Waals surface area contributed by atoms with Gasteiger partial charge in [-0.25, -0.2) is 4.98 Å². The lowest BCUT2D eigenvalue weighted by atomic mass is 9.78. The summed E-state index contributed by atoms with van der Waals surface area (Å²) in [6, 6.07) is 8.62. The Bertz CT molecular complexity index is 894. The van der Waals surface area contributed by atoms with Crippen LogP contribution in [0, 0.1) is 5.92 Å². The van der Waals surface area contributed by atoms with Gasteiger partial charge in [-0.3, -0.25) is 4.68 Å². The molecule has 5 heteroatoms. The molecule has 0 fully saturated rings. The van der Waals surface area contributed by atoms with Crippen molar-refractivity contribution < 1.29 is 5.11 Å². The number of aliphatic hydroxyl groups excluding tert-OH is 1. The highest BCUT2D eigenvalue weighted by molar-refractivity contribution is 5.69. The van der Waals surface area contributed by atoms with Crippen molar-refractivity contribution in [3.05, 3.63) is 59.8 Å². The second kappa shape index (κ2) is 4.55. The zero-order valence-corrected chi connectivity index (χ0v) is 12.9. The lowest BCUT2D eigenvalue weighted by molar-refractivity contribution is 0.0718. The average molecular weight is 306 g/mol. The lowest BCUT2D eigenvalue weighted by Gasteiger charge is -2.33. The van der Waals surface area contributed by atoms with Crippen LogP contribution in [0.2, 0.25) is 0 Å². The van der Waals surface area contributed by atoms with Gasteiger partial charge in [0.05, 0.1) is 36.1 Å². The SMILES string of the molecule is Cn1cc2c(n1)CC[C@H]([C@H]1c3ccccc3-c3cncn31)[C@@H]2O. The van der Waals surface area contributed by atoms with Crippen molar-refractivity contribution in [3.8, 4) is 11.3 Å². The lowest BCUT2D eigenvalue weighted by Crippen LogP contribution is -2.28. The molecule has 3 atom stereocenters. The highest BCUT2D eigenvalue weighted by Gasteiger charge is 2.41. The van der Waals surface area contributed by atoms with E-state index >= 15 is 0 Å². The Morgan fingerprint density at radius 1 is 1.22 bits per heavy atom. The molecule has 2 aromatic heterocycles. The first kappa shape index (κ1) is 13.1. The number of hydrogen-bond donors (Lipinski definition) is 1. The maximum atomic E-state index is 11.0. The number of fused-ring (bicyclic) bond motifs is 4.